The van der Waals surface area contributed by atoms with Crippen LogP contribution in [0.25, 0.3) is 5.82 Å². The second-order valence-electron chi connectivity index (χ2n) is 4.00. The highest BCUT2D eigenvalue weighted by atomic mass is 16.5. The van der Waals surface area contributed by atoms with Gasteiger partial charge in [0.05, 0.1) is 6.20 Å². The number of nitrogens with zero attached hydrogens (tertiary/aromatic N) is 4. The Kier molecular flexibility index (Phi) is 3.18. The maximum Gasteiger partial charge on any atom is 0.139 e. The van der Waals surface area contributed by atoms with Gasteiger partial charge in [0.2, 0.25) is 0 Å². The molecule has 2 heterocycles. The molecular formula is C14H12N4O. The zero-order chi connectivity index (χ0) is 12.9. The van der Waals surface area contributed by atoms with Gasteiger partial charge < -0.3 is 4.74 Å². The van der Waals surface area contributed by atoms with Crippen LogP contribution < -0.4 is 4.74 Å². The van der Waals surface area contributed by atoms with Gasteiger partial charge in [0, 0.05) is 0 Å². The minimum absolute atomic E-state index is 0.536. The van der Waals surface area contributed by atoms with E-state index < -0.39 is 0 Å². The Labute approximate surface area is 110 Å². The predicted molar refractivity (Wildman–Crippen MR) is 69.9 cm³/mol. The highest BCUT2D eigenvalue weighted by Gasteiger charge is 1.99. The Morgan fingerprint density at radius 1 is 0.947 bits per heavy atom. The predicted octanol–water partition coefficient (Wildman–Crippen LogP) is 2.24. The van der Waals surface area contributed by atoms with Crippen molar-refractivity contribution in [3.8, 4) is 11.6 Å². The summed E-state index contributed by atoms with van der Waals surface area (Å²) in [5.41, 5.74) is 1.13. The van der Waals surface area contributed by atoms with E-state index in [0.717, 1.165) is 17.1 Å². The van der Waals surface area contributed by atoms with Gasteiger partial charge in [-0.3, -0.25) is 4.57 Å². The van der Waals surface area contributed by atoms with Gasteiger partial charge in [-0.15, -0.1) is 10.2 Å². The lowest BCUT2D eigenvalue weighted by Gasteiger charge is -2.06. The van der Waals surface area contributed by atoms with Crippen molar-refractivity contribution < 1.29 is 4.74 Å². The minimum Gasteiger partial charge on any atom is -0.487 e. The molecule has 0 saturated carbocycles. The summed E-state index contributed by atoms with van der Waals surface area (Å²) in [4.78, 5) is 4.29. The maximum atomic E-state index is 5.66. The molecule has 0 radical (unpaired) electrons. The van der Waals surface area contributed by atoms with Gasteiger partial charge in [0.1, 0.15) is 30.8 Å². The van der Waals surface area contributed by atoms with Gasteiger partial charge in [-0.1, -0.05) is 30.3 Å². The van der Waals surface area contributed by atoms with Crippen LogP contribution in [-0.2, 0) is 6.61 Å². The monoisotopic (exact) mass is 252 g/mol. The van der Waals surface area contributed by atoms with Crippen LogP contribution in [-0.4, -0.2) is 19.7 Å². The summed E-state index contributed by atoms with van der Waals surface area (Å²) in [6.07, 6.45) is 4.90. The molecule has 3 rings (SSSR count). The molecule has 1 aromatic carbocycles. The highest BCUT2D eigenvalue weighted by molar-refractivity contribution is 5.28. The molecule has 5 heteroatoms. The second-order valence-corrected chi connectivity index (χ2v) is 4.00. The first kappa shape index (κ1) is 11.4. The molecule has 0 N–H and O–H groups in total. The van der Waals surface area contributed by atoms with E-state index in [0.29, 0.717) is 6.61 Å². The first-order valence-corrected chi connectivity index (χ1v) is 5.89. The van der Waals surface area contributed by atoms with Crippen LogP contribution >= 0.6 is 0 Å². The average Bonchev–Trinajstić information content (AvgIpc) is 3.01. The molecule has 3 aromatic rings. The number of hydrogen-bond donors (Lipinski definition) is 0. The normalized spacial score (nSPS) is 10.3. The van der Waals surface area contributed by atoms with Gasteiger partial charge >= 0.3 is 0 Å². The SMILES string of the molecule is c1ccc(COc2ccc(-n3cnnc3)nc2)cc1. The van der Waals surface area contributed by atoms with Gasteiger partial charge in [-0.05, 0) is 17.7 Å². The smallest absolute Gasteiger partial charge is 0.139 e. The van der Waals surface area contributed by atoms with E-state index in [1.807, 2.05) is 42.5 Å². The standard InChI is InChI=1S/C14H12N4O/c1-2-4-12(5-3-1)9-19-13-6-7-14(15-8-13)18-10-16-17-11-18/h1-8,10-11H,9H2. The van der Waals surface area contributed by atoms with E-state index in [-0.39, 0.29) is 0 Å². The van der Waals surface area contributed by atoms with Crippen LogP contribution in [0.15, 0.2) is 61.3 Å². The van der Waals surface area contributed by atoms with Crippen molar-refractivity contribution in [1.29, 1.82) is 0 Å². The highest BCUT2D eigenvalue weighted by Crippen LogP contribution is 2.13. The van der Waals surface area contributed by atoms with Crippen LogP contribution in [0.3, 0.4) is 0 Å². The molecule has 0 bridgehead atoms. The fourth-order valence-corrected chi connectivity index (χ4v) is 1.67. The van der Waals surface area contributed by atoms with Gasteiger partial charge in [-0.2, -0.15) is 0 Å². The number of hydrogen-bond acceptors (Lipinski definition) is 4. The van der Waals surface area contributed by atoms with Crippen LogP contribution in [0, 0.1) is 0 Å². The first-order valence-electron chi connectivity index (χ1n) is 5.89. The molecule has 0 atom stereocenters. The van der Waals surface area contributed by atoms with Gasteiger partial charge in [0.15, 0.2) is 0 Å². The molecule has 0 aliphatic rings. The third kappa shape index (κ3) is 2.77. The quantitative estimate of drug-likeness (QED) is 0.714. The Morgan fingerprint density at radius 3 is 2.42 bits per heavy atom. The summed E-state index contributed by atoms with van der Waals surface area (Å²) in [6, 6.07) is 13.8. The summed E-state index contributed by atoms with van der Waals surface area (Å²) in [5.74, 6) is 1.50. The molecule has 0 spiro atoms. The van der Waals surface area contributed by atoms with Crippen molar-refractivity contribution >= 4 is 0 Å². The molecule has 94 valence electrons. The largest absolute Gasteiger partial charge is 0.487 e. The van der Waals surface area contributed by atoms with Crippen molar-refractivity contribution in [2.75, 3.05) is 0 Å². The van der Waals surface area contributed by atoms with Crippen molar-refractivity contribution in [2.45, 2.75) is 6.61 Å². The van der Waals surface area contributed by atoms with E-state index >= 15 is 0 Å². The average molecular weight is 252 g/mol. The van der Waals surface area contributed by atoms with E-state index in [1.54, 1.807) is 23.4 Å². The van der Waals surface area contributed by atoms with Gasteiger partial charge in [0.25, 0.3) is 0 Å². The van der Waals surface area contributed by atoms with E-state index in [4.69, 9.17) is 4.74 Å². The van der Waals surface area contributed by atoms with E-state index in [2.05, 4.69) is 15.2 Å². The van der Waals surface area contributed by atoms with Crippen molar-refractivity contribution in [1.82, 2.24) is 19.7 Å². The zero-order valence-corrected chi connectivity index (χ0v) is 10.2. The van der Waals surface area contributed by atoms with Crippen molar-refractivity contribution in [3.05, 3.63) is 66.9 Å². The fraction of sp³-hybridized carbons (Fsp3) is 0.0714. The summed E-state index contributed by atoms with van der Waals surface area (Å²) < 4.78 is 7.40. The summed E-state index contributed by atoms with van der Waals surface area (Å²) in [6.45, 7) is 0.536. The molecule has 0 amide bonds. The Bertz CT molecular complexity index is 620. The zero-order valence-electron chi connectivity index (χ0n) is 10.2. The topological polar surface area (TPSA) is 52.8 Å². The number of rotatable bonds is 4. The van der Waals surface area contributed by atoms with Gasteiger partial charge in [-0.25, -0.2) is 4.98 Å². The molecule has 0 unspecified atom stereocenters. The number of pyridine rings is 1. The molecule has 5 nitrogen and oxygen atoms in total. The second kappa shape index (κ2) is 5.30. The maximum absolute atomic E-state index is 5.66. The first-order chi connectivity index (χ1) is 9.42. The Morgan fingerprint density at radius 2 is 1.74 bits per heavy atom. The molecule has 0 aliphatic carbocycles. The Balaban J connectivity index is 1.67. The lowest BCUT2D eigenvalue weighted by molar-refractivity contribution is 0.305. The van der Waals surface area contributed by atoms with Crippen LogP contribution in [0.2, 0.25) is 0 Å². The number of aromatic nitrogens is 4. The molecule has 0 aliphatic heterocycles. The third-order valence-corrected chi connectivity index (χ3v) is 2.65. The molecule has 0 saturated heterocycles. The molecule has 0 fully saturated rings. The fourth-order valence-electron chi connectivity index (χ4n) is 1.67. The van der Waals surface area contributed by atoms with E-state index in [1.165, 1.54) is 0 Å². The summed E-state index contributed by atoms with van der Waals surface area (Å²) in [5, 5.41) is 7.48. The minimum atomic E-state index is 0.536. The third-order valence-electron chi connectivity index (χ3n) is 2.65. The summed E-state index contributed by atoms with van der Waals surface area (Å²) in [7, 11) is 0. The lowest BCUT2D eigenvalue weighted by atomic mass is 10.2. The van der Waals surface area contributed by atoms with Crippen LogP contribution in [0.4, 0.5) is 0 Å². The summed E-state index contributed by atoms with van der Waals surface area (Å²) >= 11 is 0. The number of ether oxygens (including phenoxy) is 1. The molecule has 2 aromatic heterocycles. The van der Waals surface area contributed by atoms with E-state index in [9.17, 15) is 0 Å². The van der Waals surface area contributed by atoms with Crippen molar-refractivity contribution in [2.24, 2.45) is 0 Å². The van der Waals surface area contributed by atoms with Crippen LogP contribution in [0.1, 0.15) is 5.56 Å². The van der Waals surface area contributed by atoms with Crippen molar-refractivity contribution in [3.63, 3.8) is 0 Å². The van der Waals surface area contributed by atoms with Crippen LogP contribution in [0.5, 0.6) is 5.75 Å². The molecule has 19 heavy (non-hydrogen) atoms. The molecular weight excluding hydrogens is 240 g/mol. The lowest BCUT2D eigenvalue weighted by Crippen LogP contribution is -1.98. The Hall–Kier alpha value is -2.69. The number of benzene rings is 1.